The van der Waals surface area contributed by atoms with Crippen LogP contribution in [0.25, 0.3) is 0 Å². The van der Waals surface area contributed by atoms with Crippen molar-refractivity contribution in [1.82, 2.24) is 0 Å². The molecule has 9 heteroatoms. The van der Waals surface area contributed by atoms with E-state index >= 15 is 0 Å². The maximum Gasteiger partial charge on any atom is 0.422 e. The zero-order valence-electron chi connectivity index (χ0n) is 15.6. The van der Waals surface area contributed by atoms with E-state index in [2.05, 4.69) is 4.74 Å². The van der Waals surface area contributed by atoms with E-state index in [4.69, 9.17) is 14.2 Å². The number of methoxy groups -OCH3 is 1. The third-order valence-corrected chi connectivity index (χ3v) is 3.67. The Kier molecular flexibility index (Phi) is 13.1. The summed E-state index contributed by atoms with van der Waals surface area (Å²) in [6.45, 7) is 3.03. The molecule has 0 saturated carbocycles. The summed E-state index contributed by atoms with van der Waals surface area (Å²) in [4.78, 5) is 23.2. The molecule has 0 aromatic rings. The van der Waals surface area contributed by atoms with E-state index in [1.807, 2.05) is 6.92 Å². The van der Waals surface area contributed by atoms with Crippen molar-refractivity contribution in [1.29, 1.82) is 0 Å². The molecule has 0 saturated heterocycles. The molecule has 0 bridgehead atoms. The number of halogens is 3. The zero-order valence-corrected chi connectivity index (χ0v) is 15.6. The van der Waals surface area contributed by atoms with E-state index < -0.39 is 24.7 Å². The van der Waals surface area contributed by atoms with Gasteiger partial charge in [-0.05, 0) is 25.7 Å². The first kappa shape index (κ1) is 24.7. The molecule has 2 unspecified atom stereocenters. The minimum atomic E-state index is -4.52. The van der Waals surface area contributed by atoms with Gasteiger partial charge in [-0.3, -0.25) is 9.59 Å². The van der Waals surface area contributed by atoms with Gasteiger partial charge in [-0.25, -0.2) is 0 Å². The second-order valence-electron chi connectivity index (χ2n) is 5.93. The largest absolute Gasteiger partial charge is 0.463 e. The number of ether oxygens (including phenoxy) is 4. The molecule has 0 heterocycles. The van der Waals surface area contributed by atoms with Crippen LogP contribution in [0.3, 0.4) is 0 Å². The van der Waals surface area contributed by atoms with Crippen LogP contribution in [0.4, 0.5) is 13.2 Å². The molecule has 0 rings (SSSR count). The summed E-state index contributed by atoms with van der Waals surface area (Å²) in [6.07, 6.45) is -2.33. The molecule has 0 aromatic carbocycles. The molecule has 0 fully saturated rings. The number of hydrogen-bond acceptors (Lipinski definition) is 6. The molecule has 0 aromatic heterocycles. The van der Waals surface area contributed by atoms with Crippen LogP contribution in [0.2, 0.25) is 0 Å². The van der Waals surface area contributed by atoms with E-state index in [-0.39, 0.29) is 31.5 Å². The van der Waals surface area contributed by atoms with Gasteiger partial charge >= 0.3 is 18.1 Å². The van der Waals surface area contributed by atoms with Crippen LogP contribution in [0, 0.1) is 11.8 Å². The average molecular weight is 386 g/mol. The molecule has 0 N–H and O–H groups in total. The topological polar surface area (TPSA) is 71.1 Å². The molecule has 0 radical (unpaired) electrons. The average Bonchev–Trinajstić information content (AvgIpc) is 2.58. The smallest absolute Gasteiger partial charge is 0.422 e. The number of alkyl halides is 3. The van der Waals surface area contributed by atoms with Gasteiger partial charge in [0.05, 0.1) is 18.4 Å². The van der Waals surface area contributed by atoms with Crippen molar-refractivity contribution in [2.45, 2.75) is 45.7 Å². The number of esters is 2. The minimum Gasteiger partial charge on any atom is -0.463 e. The first-order chi connectivity index (χ1) is 12.2. The van der Waals surface area contributed by atoms with Crippen LogP contribution in [-0.4, -0.2) is 58.3 Å². The van der Waals surface area contributed by atoms with E-state index in [0.29, 0.717) is 32.5 Å². The Morgan fingerprint density at radius 2 is 1.65 bits per heavy atom. The minimum absolute atomic E-state index is 0.202. The normalized spacial score (nSPS) is 13.9. The van der Waals surface area contributed by atoms with E-state index in [0.717, 1.165) is 0 Å². The fraction of sp³-hybridized carbons (Fsp3) is 0.882. The summed E-state index contributed by atoms with van der Waals surface area (Å²) in [6, 6.07) is 0. The van der Waals surface area contributed by atoms with Gasteiger partial charge in [0.1, 0.15) is 6.61 Å². The van der Waals surface area contributed by atoms with E-state index in [1.165, 1.54) is 14.0 Å². The quantitative estimate of drug-likeness (QED) is 0.337. The first-order valence-electron chi connectivity index (χ1n) is 8.68. The summed E-state index contributed by atoms with van der Waals surface area (Å²) in [5.74, 6) is -2.02. The molecule has 154 valence electrons. The Morgan fingerprint density at radius 3 is 2.23 bits per heavy atom. The molecule has 0 amide bonds. The van der Waals surface area contributed by atoms with E-state index in [1.54, 1.807) is 0 Å². The SMILES string of the molecule is CCC(CCCOCCC(C)C(=O)OCC(F)(F)F)C(=O)OCCOC. The summed E-state index contributed by atoms with van der Waals surface area (Å²) in [5.41, 5.74) is 0. The first-order valence-corrected chi connectivity index (χ1v) is 8.68. The van der Waals surface area contributed by atoms with Gasteiger partial charge in [0.15, 0.2) is 6.61 Å². The van der Waals surface area contributed by atoms with Crippen molar-refractivity contribution in [3.05, 3.63) is 0 Å². The summed E-state index contributed by atoms with van der Waals surface area (Å²) in [5, 5.41) is 0. The Labute approximate surface area is 152 Å². The Bertz CT molecular complexity index is 400. The van der Waals surface area contributed by atoms with Crippen molar-refractivity contribution in [2.24, 2.45) is 11.8 Å². The Morgan fingerprint density at radius 1 is 0.962 bits per heavy atom. The third-order valence-electron chi connectivity index (χ3n) is 3.67. The van der Waals surface area contributed by atoms with Gasteiger partial charge < -0.3 is 18.9 Å². The maximum atomic E-state index is 12.0. The molecule has 2 atom stereocenters. The van der Waals surface area contributed by atoms with Crippen LogP contribution >= 0.6 is 0 Å². The summed E-state index contributed by atoms with van der Waals surface area (Å²) >= 11 is 0. The fourth-order valence-electron chi connectivity index (χ4n) is 2.04. The van der Waals surface area contributed by atoms with Crippen molar-refractivity contribution in [3.8, 4) is 0 Å². The van der Waals surface area contributed by atoms with Crippen LogP contribution in [0.5, 0.6) is 0 Å². The summed E-state index contributed by atoms with van der Waals surface area (Å²) in [7, 11) is 1.53. The molecule has 0 aliphatic rings. The standard InChI is InChI=1S/C17H29F3O6/c1-4-14(16(22)25-11-10-23-3)6-5-8-24-9-7-13(2)15(21)26-12-17(18,19)20/h13-14H,4-12H2,1-3H3. The van der Waals surface area contributed by atoms with Gasteiger partial charge in [-0.1, -0.05) is 13.8 Å². The van der Waals surface area contributed by atoms with Gasteiger partial charge in [0, 0.05) is 20.3 Å². The van der Waals surface area contributed by atoms with Gasteiger partial charge in [0.2, 0.25) is 0 Å². The van der Waals surface area contributed by atoms with Crippen LogP contribution in [0.15, 0.2) is 0 Å². The summed E-state index contributed by atoms with van der Waals surface area (Å²) < 4.78 is 55.3. The third kappa shape index (κ3) is 12.9. The van der Waals surface area contributed by atoms with Crippen molar-refractivity contribution in [2.75, 3.05) is 40.1 Å². The fourth-order valence-corrected chi connectivity index (χ4v) is 2.04. The second-order valence-corrected chi connectivity index (χ2v) is 5.93. The molecule has 26 heavy (non-hydrogen) atoms. The van der Waals surface area contributed by atoms with Gasteiger partial charge in [0.25, 0.3) is 0 Å². The molecular formula is C17H29F3O6. The number of hydrogen-bond donors (Lipinski definition) is 0. The lowest BCUT2D eigenvalue weighted by atomic mass is 10.0. The lowest BCUT2D eigenvalue weighted by molar-refractivity contribution is -0.189. The molecule has 0 spiro atoms. The molecular weight excluding hydrogens is 357 g/mol. The molecule has 0 aliphatic heterocycles. The zero-order chi connectivity index (χ0) is 20.0. The number of carbonyl (C=O) groups excluding carboxylic acids is 2. The highest BCUT2D eigenvalue weighted by atomic mass is 19.4. The van der Waals surface area contributed by atoms with Crippen molar-refractivity contribution >= 4 is 11.9 Å². The van der Waals surface area contributed by atoms with Gasteiger partial charge in [-0.2, -0.15) is 13.2 Å². The second kappa shape index (κ2) is 13.8. The van der Waals surface area contributed by atoms with Crippen molar-refractivity contribution in [3.63, 3.8) is 0 Å². The lowest BCUT2D eigenvalue weighted by Crippen LogP contribution is -2.24. The lowest BCUT2D eigenvalue weighted by Gasteiger charge is -2.15. The molecule has 0 aliphatic carbocycles. The monoisotopic (exact) mass is 386 g/mol. The highest BCUT2D eigenvalue weighted by Gasteiger charge is 2.30. The maximum absolute atomic E-state index is 12.0. The Hall–Kier alpha value is -1.35. The number of rotatable bonds is 14. The van der Waals surface area contributed by atoms with Crippen LogP contribution in [-0.2, 0) is 28.5 Å². The number of carbonyl (C=O) groups is 2. The van der Waals surface area contributed by atoms with E-state index in [9.17, 15) is 22.8 Å². The highest BCUT2D eigenvalue weighted by molar-refractivity contribution is 5.72. The predicted molar refractivity (Wildman–Crippen MR) is 87.5 cm³/mol. The Balaban J connectivity index is 3.81. The highest BCUT2D eigenvalue weighted by Crippen LogP contribution is 2.16. The molecule has 6 nitrogen and oxygen atoms in total. The van der Waals surface area contributed by atoms with Crippen LogP contribution in [0.1, 0.15) is 39.5 Å². The van der Waals surface area contributed by atoms with Gasteiger partial charge in [-0.15, -0.1) is 0 Å². The van der Waals surface area contributed by atoms with Crippen molar-refractivity contribution < 1.29 is 41.7 Å². The predicted octanol–water partition coefficient (Wildman–Crippen LogP) is 3.13. The van der Waals surface area contributed by atoms with Crippen LogP contribution < -0.4 is 0 Å².